The van der Waals surface area contributed by atoms with E-state index < -0.39 is 28.3 Å². The van der Waals surface area contributed by atoms with Gasteiger partial charge < -0.3 is 25.1 Å². The Hall–Kier alpha value is -2.99. The molecule has 1 saturated carbocycles. The lowest BCUT2D eigenvalue weighted by molar-refractivity contribution is 0.0554. The number of sulfonamides is 1. The molecular weight excluding hydrogens is 534 g/mol. The van der Waals surface area contributed by atoms with Gasteiger partial charge >= 0.3 is 6.09 Å². The Morgan fingerprint density at radius 3 is 2.52 bits per heavy atom. The van der Waals surface area contributed by atoms with Gasteiger partial charge in [-0.25, -0.2) is 13.2 Å². The smallest absolute Gasteiger partial charge is 0.407 e. The number of nitrogens with one attached hydrogen (secondary N) is 1. The van der Waals surface area contributed by atoms with Crippen molar-refractivity contribution in [2.24, 2.45) is 17.0 Å². The first-order valence-electron chi connectivity index (χ1n) is 13.7. The summed E-state index contributed by atoms with van der Waals surface area (Å²) in [5, 5.41) is 25.9. The Balaban J connectivity index is 1.49. The van der Waals surface area contributed by atoms with E-state index in [0.717, 1.165) is 25.0 Å². The molecule has 0 spiro atoms. The van der Waals surface area contributed by atoms with Gasteiger partial charge in [0.25, 0.3) is 0 Å². The molecule has 3 N–H and O–H groups in total. The van der Waals surface area contributed by atoms with E-state index in [2.05, 4.69) is 10.5 Å². The molecule has 2 unspecified atom stereocenters. The van der Waals surface area contributed by atoms with Crippen molar-refractivity contribution >= 4 is 22.3 Å². The Kier molecular flexibility index (Phi) is 10.2. The van der Waals surface area contributed by atoms with Gasteiger partial charge in [-0.05, 0) is 54.4 Å². The van der Waals surface area contributed by atoms with Gasteiger partial charge in [0.05, 0.1) is 29.4 Å². The van der Waals surface area contributed by atoms with Crippen molar-refractivity contribution in [2.45, 2.75) is 68.8 Å². The highest BCUT2D eigenvalue weighted by Crippen LogP contribution is 2.37. The molecule has 218 valence electrons. The van der Waals surface area contributed by atoms with Crippen LogP contribution in [0.1, 0.15) is 44.2 Å². The number of amides is 1. The van der Waals surface area contributed by atoms with Gasteiger partial charge in [-0.3, -0.25) is 0 Å². The summed E-state index contributed by atoms with van der Waals surface area (Å²) >= 11 is 0. The summed E-state index contributed by atoms with van der Waals surface area (Å²) in [5.41, 5.74) is 1.43. The van der Waals surface area contributed by atoms with Gasteiger partial charge in [0.1, 0.15) is 6.10 Å². The summed E-state index contributed by atoms with van der Waals surface area (Å²) in [6.07, 6.45) is 1.92. The van der Waals surface area contributed by atoms with Crippen molar-refractivity contribution in [3.63, 3.8) is 0 Å². The zero-order chi connectivity index (χ0) is 28.7. The summed E-state index contributed by atoms with van der Waals surface area (Å²) < 4.78 is 39.9. The zero-order valence-electron chi connectivity index (χ0n) is 22.9. The summed E-state index contributed by atoms with van der Waals surface area (Å²) in [7, 11) is -3.98. The Morgan fingerprint density at radius 1 is 1.15 bits per heavy atom. The zero-order valence-corrected chi connectivity index (χ0v) is 23.7. The average molecular weight is 574 g/mol. The molecule has 40 heavy (non-hydrogen) atoms. The minimum atomic E-state index is -3.98. The number of hydrogen-bond acceptors (Lipinski definition) is 8. The summed E-state index contributed by atoms with van der Waals surface area (Å²) in [6.45, 7) is 4.49. The van der Waals surface area contributed by atoms with Gasteiger partial charge in [-0.1, -0.05) is 61.5 Å². The van der Waals surface area contributed by atoms with E-state index in [1.54, 1.807) is 0 Å². The van der Waals surface area contributed by atoms with E-state index in [-0.39, 0.29) is 36.1 Å². The molecule has 1 saturated heterocycles. The molecule has 5 atom stereocenters. The van der Waals surface area contributed by atoms with Crippen LogP contribution >= 0.6 is 0 Å². The molecule has 2 aromatic rings. The minimum Gasteiger partial charge on any atom is -0.446 e. The van der Waals surface area contributed by atoms with Crippen LogP contribution in [-0.2, 0) is 25.9 Å². The van der Waals surface area contributed by atoms with Gasteiger partial charge in [-0.2, -0.15) is 4.31 Å². The normalized spacial score (nSPS) is 22.5. The van der Waals surface area contributed by atoms with Crippen LogP contribution in [0.2, 0.25) is 0 Å². The van der Waals surface area contributed by atoms with Crippen LogP contribution < -0.4 is 5.32 Å². The van der Waals surface area contributed by atoms with E-state index >= 15 is 0 Å². The predicted octanol–water partition coefficient (Wildman–Crippen LogP) is 3.41. The van der Waals surface area contributed by atoms with Crippen LogP contribution in [0.3, 0.4) is 0 Å². The largest absolute Gasteiger partial charge is 0.446 e. The SMILES string of the molecule is CC(C)CN(C[C@@H](O)[C@H](Cc1ccccc1)NC(=O)OC1CC2CCO[C@@H]2C1)S(=O)(=O)c1ccc(C=NO)cc1. The molecule has 1 amide bonds. The third-order valence-electron chi connectivity index (χ3n) is 7.43. The van der Waals surface area contributed by atoms with Crippen molar-refractivity contribution < 1.29 is 33.0 Å². The fourth-order valence-electron chi connectivity index (χ4n) is 5.46. The van der Waals surface area contributed by atoms with Crippen molar-refractivity contribution in [2.75, 3.05) is 19.7 Å². The number of hydrogen-bond donors (Lipinski definition) is 3. The highest BCUT2D eigenvalue weighted by Gasteiger charge is 2.40. The van der Waals surface area contributed by atoms with Crippen LogP contribution in [0.25, 0.3) is 0 Å². The number of rotatable bonds is 12. The number of carbonyl (C=O) groups excluding carboxylic acids is 1. The van der Waals surface area contributed by atoms with Crippen LogP contribution in [0.15, 0.2) is 64.6 Å². The van der Waals surface area contributed by atoms with Crippen LogP contribution in [0.5, 0.6) is 0 Å². The lowest BCUT2D eigenvalue weighted by Crippen LogP contribution is -2.51. The molecule has 2 fully saturated rings. The quantitative estimate of drug-likeness (QED) is 0.201. The minimum absolute atomic E-state index is 0.0164. The molecule has 0 bridgehead atoms. The monoisotopic (exact) mass is 573 g/mol. The highest BCUT2D eigenvalue weighted by molar-refractivity contribution is 7.89. The van der Waals surface area contributed by atoms with E-state index in [1.807, 2.05) is 44.2 Å². The van der Waals surface area contributed by atoms with Gasteiger partial charge in [0.2, 0.25) is 10.0 Å². The maximum absolute atomic E-state index is 13.6. The molecule has 0 radical (unpaired) electrons. The van der Waals surface area contributed by atoms with E-state index in [4.69, 9.17) is 14.7 Å². The number of nitrogens with zero attached hydrogens (tertiary/aromatic N) is 2. The number of alkyl carbamates (subject to hydrolysis) is 1. The van der Waals surface area contributed by atoms with E-state index in [1.165, 1.54) is 34.8 Å². The van der Waals surface area contributed by atoms with Crippen molar-refractivity contribution in [3.05, 3.63) is 65.7 Å². The Bertz CT molecular complexity index is 1230. The molecule has 0 aromatic heterocycles. The molecule has 10 nitrogen and oxygen atoms in total. The van der Waals surface area contributed by atoms with E-state index in [9.17, 15) is 18.3 Å². The fourth-order valence-corrected chi connectivity index (χ4v) is 7.08. The molecular formula is C29H39N3O7S. The van der Waals surface area contributed by atoms with Gasteiger partial charge in [-0.15, -0.1) is 0 Å². The third kappa shape index (κ3) is 7.81. The second-order valence-corrected chi connectivity index (χ2v) is 12.9. The fraction of sp³-hybridized carbons (Fsp3) is 0.517. The molecule has 2 aliphatic rings. The number of aliphatic hydroxyl groups is 1. The average Bonchev–Trinajstić information content (AvgIpc) is 3.51. The molecule has 1 aliphatic heterocycles. The van der Waals surface area contributed by atoms with Crippen LogP contribution in [0.4, 0.5) is 4.79 Å². The van der Waals surface area contributed by atoms with Gasteiger partial charge in [0, 0.05) is 26.1 Å². The van der Waals surface area contributed by atoms with Crippen molar-refractivity contribution in [3.8, 4) is 0 Å². The number of aliphatic hydroxyl groups excluding tert-OH is 1. The van der Waals surface area contributed by atoms with Crippen molar-refractivity contribution in [1.29, 1.82) is 0 Å². The molecule has 11 heteroatoms. The highest BCUT2D eigenvalue weighted by atomic mass is 32.2. The third-order valence-corrected chi connectivity index (χ3v) is 9.28. The van der Waals surface area contributed by atoms with Crippen LogP contribution in [0, 0.1) is 11.8 Å². The van der Waals surface area contributed by atoms with Gasteiger partial charge in [0.15, 0.2) is 0 Å². The summed E-state index contributed by atoms with van der Waals surface area (Å²) in [4.78, 5) is 13.0. The first kappa shape index (κ1) is 30.0. The Labute approximate surface area is 236 Å². The lowest BCUT2D eigenvalue weighted by Gasteiger charge is -2.31. The maximum atomic E-state index is 13.6. The second kappa shape index (κ2) is 13.6. The molecule has 2 aromatic carbocycles. The first-order chi connectivity index (χ1) is 19.2. The summed E-state index contributed by atoms with van der Waals surface area (Å²) in [5.74, 6) is 0.389. The number of oxime groups is 1. The Morgan fingerprint density at radius 2 is 1.88 bits per heavy atom. The van der Waals surface area contributed by atoms with Crippen LogP contribution in [-0.4, -0.2) is 79.4 Å². The van der Waals surface area contributed by atoms with Crippen molar-refractivity contribution in [1.82, 2.24) is 9.62 Å². The molecule has 1 aliphatic carbocycles. The second-order valence-electron chi connectivity index (χ2n) is 11.0. The molecule has 1 heterocycles. The first-order valence-corrected chi connectivity index (χ1v) is 15.2. The lowest BCUT2D eigenvalue weighted by atomic mass is 10.0. The summed E-state index contributed by atoms with van der Waals surface area (Å²) in [6, 6.07) is 14.6. The molecule has 4 rings (SSSR count). The maximum Gasteiger partial charge on any atom is 0.407 e. The topological polar surface area (TPSA) is 138 Å². The predicted molar refractivity (Wildman–Crippen MR) is 150 cm³/mol. The standard InChI is InChI=1S/C29H39N3O7S/c1-20(2)18-32(40(36,37)25-10-8-22(9-11-25)17-30-35)19-27(33)26(14-21-6-4-3-5-7-21)31-29(34)39-24-15-23-12-13-38-28(23)16-24/h3-11,17,20,23-24,26-28,33,35H,12-16,18-19H2,1-2H3,(H,31,34)/t23?,24?,26-,27+,28+/m0/s1. The number of fused-ring (bicyclic) bond motifs is 1. The number of ether oxygens (including phenoxy) is 2. The number of carbonyl (C=O) groups is 1. The van der Waals surface area contributed by atoms with E-state index in [0.29, 0.717) is 24.3 Å². The number of benzene rings is 2.